The van der Waals surface area contributed by atoms with E-state index in [0.29, 0.717) is 6.61 Å². The molecule has 1 aromatic rings. The van der Waals surface area contributed by atoms with Gasteiger partial charge in [0.25, 0.3) is 0 Å². The molecule has 118 valence electrons. The topological polar surface area (TPSA) is 125 Å². The fourth-order valence-corrected chi connectivity index (χ4v) is 2.84. The third-order valence-corrected chi connectivity index (χ3v) is 4.18. The second-order valence-electron chi connectivity index (χ2n) is 4.31. The van der Waals surface area contributed by atoms with Gasteiger partial charge < -0.3 is 10.5 Å². The molecule has 1 aromatic carbocycles. The van der Waals surface area contributed by atoms with E-state index in [4.69, 9.17) is 10.5 Å². The van der Waals surface area contributed by atoms with Gasteiger partial charge in [0.1, 0.15) is 5.69 Å². The van der Waals surface area contributed by atoms with E-state index in [1.165, 1.54) is 12.1 Å². The van der Waals surface area contributed by atoms with Crippen LogP contribution in [0, 0.1) is 10.1 Å². The van der Waals surface area contributed by atoms with Crippen LogP contribution in [0.2, 0.25) is 0 Å². The first-order valence-corrected chi connectivity index (χ1v) is 7.98. The minimum Gasteiger partial charge on any atom is -0.393 e. The van der Waals surface area contributed by atoms with Crippen molar-refractivity contribution in [3.63, 3.8) is 0 Å². The summed E-state index contributed by atoms with van der Waals surface area (Å²) in [5, 5.41) is 10.9. The average molecular weight is 317 g/mol. The van der Waals surface area contributed by atoms with Crippen LogP contribution in [0.5, 0.6) is 0 Å². The number of unbranched alkanes of at least 4 members (excludes halogenated alkanes) is 1. The third kappa shape index (κ3) is 4.96. The Hall–Kier alpha value is -1.71. The van der Waals surface area contributed by atoms with Gasteiger partial charge >= 0.3 is 5.69 Å². The van der Waals surface area contributed by atoms with Crippen LogP contribution in [0.25, 0.3) is 0 Å². The number of nitrogens with zero attached hydrogens (tertiary/aromatic N) is 1. The van der Waals surface area contributed by atoms with Crippen molar-refractivity contribution in [2.24, 2.45) is 0 Å². The number of para-hydroxylation sites is 1. The van der Waals surface area contributed by atoms with E-state index in [0.717, 1.165) is 18.9 Å². The van der Waals surface area contributed by atoms with Gasteiger partial charge in [-0.3, -0.25) is 10.1 Å². The first-order valence-electron chi connectivity index (χ1n) is 6.50. The normalized spacial score (nSPS) is 11.5. The lowest BCUT2D eigenvalue weighted by atomic mass is 10.3. The molecule has 0 heterocycles. The molecule has 8 nitrogen and oxygen atoms in total. The Labute approximate surface area is 123 Å². The average Bonchev–Trinajstić information content (AvgIpc) is 2.42. The summed E-state index contributed by atoms with van der Waals surface area (Å²) in [4.78, 5) is 9.70. The molecule has 0 amide bonds. The molecule has 0 saturated carbocycles. The summed E-state index contributed by atoms with van der Waals surface area (Å²) in [6.07, 6.45) is 1.88. The number of anilines is 1. The van der Waals surface area contributed by atoms with Gasteiger partial charge in [-0.2, -0.15) is 0 Å². The fraction of sp³-hybridized carbons (Fsp3) is 0.500. The molecule has 0 aliphatic heterocycles. The molecule has 0 spiro atoms. The minimum atomic E-state index is -4.00. The summed E-state index contributed by atoms with van der Waals surface area (Å²) < 4.78 is 31.6. The van der Waals surface area contributed by atoms with Gasteiger partial charge in [-0.1, -0.05) is 19.4 Å². The number of nitrogen functional groups attached to an aromatic ring is 1. The highest BCUT2D eigenvalue weighted by atomic mass is 32.2. The number of rotatable bonds is 9. The number of nitrogens with two attached hydrogens (primary N) is 1. The molecule has 9 heteroatoms. The van der Waals surface area contributed by atoms with E-state index in [1.54, 1.807) is 0 Å². The summed E-state index contributed by atoms with van der Waals surface area (Å²) in [6, 6.07) is 3.79. The lowest BCUT2D eigenvalue weighted by Gasteiger charge is -2.08. The van der Waals surface area contributed by atoms with Crippen molar-refractivity contribution in [3.8, 4) is 0 Å². The second-order valence-corrected chi connectivity index (χ2v) is 6.05. The molecule has 0 unspecified atom stereocenters. The van der Waals surface area contributed by atoms with Gasteiger partial charge in [-0.15, -0.1) is 0 Å². The summed E-state index contributed by atoms with van der Waals surface area (Å²) >= 11 is 0. The number of nitro groups is 1. The molecule has 0 atom stereocenters. The maximum absolute atomic E-state index is 12.1. The largest absolute Gasteiger partial charge is 0.393 e. The van der Waals surface area contributed by atoms with Crippen molar-refractivity contribution in [1.82, 2.24) is 4.72 Å². The highest BCUT2D eigenvalue weighted by molar-refractivity contribution is 7.89. The Kier molecular flexibility index (Phi) is 6.53. The molecular formula is C12H19N3O5S. The Morgan fingerprint density at radius 2 is 2.10 bits per heavy atom. The van der Waals surface area contributed by atoms with E-state index < -0.39 is 25.5 Å². The molecule has 0 aliphatic carbocycles. The van der Waals surface area contributed by atoms with E-state index in [9.17, 15) is 18.5 Å². The standard InChI is InChI=1S/C12H19N3O5S/c1-2-3-8-20-9-7-14-21(18,19)11-6-4-5-10(13)12(11)15(16)17/h4-6,14H,2-3,7-9,13H2,1H3. The van der Waals surface area contributed by atoms with Gasteiger partial charge in [0.05, 0.1) is 11.5 Å². The first-order chi connectivity index (χ1) is 9.90. The predicted octanol–water partition coefficient (Wildman–Crippen LogP) is 1.27. The van der Waals surface area contributed by atoms with Gasteiger partial charge in [0, 0.05) is 13.2 Å². The zero-order chi connectivity index (χ0) is 15.9. The van der Waals surface area contributed by atoms with Crippen molar-refractivity contribution in [2.75, 3.05) is 25.5 Å². The van der Waals surface area contributed by atoms with Crippen LogP contribution in [0.1, 0.15) is 19.8 Å². The van der Waals surface area contributed by atoms with Crippen molar-refractivity contribution in [1.29, 1.82) is 0 Å². The summed E-state index contributed by atoms with van der Waals surface area (Å²) in [5.41, 5.74) is 4.66. The van der Waals surface area contributed by atoms with Crippen molar-refractivity contribution < 1.29 is 18.1 Å². The SMILES string of the molecule is CCCCOCCNS(=O)(=O)c1cccc(N)c1[N+](=O)[O-]. The van der Waals surface area contributed by atoms with Crippen molar-refractivity contribution >= 4 is 21.4 Å². The molecule has 3 N–H and O–H groups in total. The van der Waals surface area contributed by atoms with Crippen molar-refractivity contribution in [2.45, 2.75) is 24.7 Å². The van der Waals surface area contributed by atoms with Gasteiger partial charge in [0.2, 0.25) is 10.0 Å². The molecule has 0 saturated heterocycles. The van der Waals surface area contributed by atoms with E-state index in [2.05, 4.69) is 4.72 Å². The number of sulfonamides is 1. The smallest absolute Gasteiger partial charge is 0.312 e. The quantitative estimate of drug-likeness (QED) is 0.306. The fourth-order valence-electron chi connectivity index (χ4n) is 1.63. The number of nitrogens with one attached hydrogen (secondary N) is 1. The Morgan fingerprint density at radius 1 is 1.38 bits per heavy atom. The molecule has 1 rings (SSSR count). The molecule has 0 radical (unpaired) electrons. The van der Waals surface area contributed by atoms with Crippen LogP contribution in [-0.2, 0) is 14.8 Å². The Bertz CT molecular complexity index is 589. The molecule has 0 aromatic heterocycles. The number of benzene rings is 1. The Balaban J connectivity index is 2.75. The predicted molar refractivity (Wildman–Crippen MR) is 78.4 cm³/mol. The molecule has 0 bridgehead atoms. The van der Waals surface area contributed by atoms with Crippen LogP contribution in [0.4, 0.5) is 11.4 Å². The molecule has 21 heavy (non-hydrogen) atoms. The number of hydrogen-bond acceptors (Lipinski definition) is 6. The van der Waals surface area contributed by atoms with Gasteiger partial charge in [-0.25, -0.2) is 13.1 Å². The maximum Gasteiger partial charge on any atom is 0.312 e. The van der Waals surface area contributed by atoms with Gasteiger partial charge in [0.15, 0.2) is 4.90 Å². The molecular weight excluding hydrogens is 298 g/mol. The molecule has 0 aliphatic rings. The van der Waals surface area contributed by atoms with Crippen LogP contribution in [0.3, 0.4) is 0 Å². The second kappa shape index (κ2) is 7.91. The lowest BCUT2D eigenvalue weighted by Crippen LogP contribution is -2.28. The monoisotopic (exact) mass is 317 g/mol. The minimum absolute atomic E-state index is 0.0397. The maximum atomic E-state index is 12.1. The zero-order valence-electron chi connectivity index (χ0n) is 11.7. The van der Waals surface area contributed by atoms with E-state index in [1.807, 2.05) is 6.92 Å². The van der Waals surface area contributed by atoms with Crippen LogP contribution < -0.4 is 10.5 Å². The highest BCUT2D eigenvalue weighted by Gasteiger charge is 2.27. The van der Waals surface area contributed by atoms with Gasteiger partial charge in [-0.05, 0) is 18.6 Å². The van der Waals surface area contributed by atoms with Crippen LogP contribution in [0.15, 0.2) is 23.1 Å². The molecule has 0 fully saturated rings. The highest BCUT2D eigenvalue weighted by Crippen LogP contribution is 2.29. The zero-order valence-corrected chi connectivity index (χ0v) is 12.6. The third-order valence-electron chi connectivity index (χ3n) is 2.68. The Morgan fingerprint density at radius 3 is 2.71 bits per heavy atom. The van der Waals surface area contributed by atoms with Crippen molar-refractivity contribution in [3.05, 3.63) is 28.3 Å². The summed E-state index contributed by atoms with van der Waals surface area (Å²) in [7, 11) is -4.00. The van der Waals surface area contributed by atoms with E-state index >= 15 is 0 Å². The van der Waals surface area contributed by atoms with Crippen LogP contribution in [-0.4, -0.2) is 33.1 Å². The number of nitro benzene ring substituents is 1. The summed E-state index contributed by atoms with van der Waals surface area (Å²) in [5.74, 6) is 0. The van der Waals surface area contributed by atoms with E-state index in [-0.39, 0.29) is 18.8 Å². The van der Waals surface area contributed by atoms with Crippen LogP contribution >= 0.6 is 0 Å². The lowest BCUT2D eigenvalue weighted by molar-refractivity contribution is -0.386. The summed E-state index contributed by atoms with van der Waals surface area (Å²) in [6.45, 7) is 2.81. The first kappa shape index (κ1) is 17.3. The number of hydrogen-bond donors (Lipinski definition) is 2. The number of ether oxygens (including phenoxy) is 1.